The monoisotopic (exact) mass is 113 g/mol. The van der Waals surface area contributed by atoms with Crippen molar-refractivity contribution in [1.29, 1.82) is 0 Å². The molecule has 0 fully saturated rings. The number of carbonyl (C=O) groups excluding carboxylic acids is 1. The Morgan fingerprint density at radius 1 is 1.62 bits per heavy atom. The van der Waals surface area contributed by atoms with E-state index >= 15 is 0 Å². The average Bonchev–Trinajstić information content (AvgIpc) is 1.69. The van der Waals surface area contributed by atoms with E-state index in [0.29, 0.717) is 5.70 Å². The number of rotatable bonds is 2. The summed E-state index contributed by atoms with van der Waals surface area (Å²) in [5.41, 5.74) is 0.671. The highest BCUT2D eigenvalue weighted by Crippen LogP contribution is 1.86. The van der Waals surface area contributed by atoms with Gasteiger partial charge >= 0.3 is 0 Å². The maximum atomic E-state index is 10.5. The van der Waals surface area contributed by atoms with Crippen LogP contribution < -0.4 is 5.32 Å². The molecule has 0 amide bonds. The summed E-state index contributed by atoms with van der Waals surface area (Å²) in [6.45, 7) is 3.36. The molecule has 0 saturated heterocycles. The van der Waals surface area contributed by atoms with Gasteiger partial charge in [-0.15, -0.1) is 0 Å². The molecule has 0 aromatic rings. The Kier molecular flexibility index (Phi) is 2.92. The SMILES string of the molecule is CC=C(NC)C(C)=O. The number of allylic oxidation sites excluding steroid dienone is 2. The van der Waals surface area contributed by atoms with Crippen LogP contribution in [0, 0.1) is 0 Å². The molecule has 0 saturated carbocycles. The van der Waals surface area contributed by atoms with E-state index in [4.69, 9.17) is 0 Å². The Morgan fingerprint density at radius 2 is 2.12 bits per heavy atom. The summed E-state index contributed by atoms with van der Waals surface area (Å²) >= 11 is 0. The average molecular weight is 113 g/mol. The zero-order valence-corrected chi connectivity index (χ0v) is 5.49. The zero-order chi connectivity index (χ0) is 6.57. The first-order valence-corrected chi connectivity index (χ1v) is 2.57. The van der Waals surface area contributed by atoms with Gasteiger partial charge in [0.15, 0.2) is 5.78 Å². The van der Waals surface area contributed by atoms with Crippen molar-refractivity contribution in [1.82, 2.24) is 5.32 Å². The smallest absolute Gasteiger partial charge is 0.175 e. The molecule has 0 heterocycles. The third kappa shape index (κ3) is 1.78. The fraction of sp³-hybridized carbons (Fsp3) is 0.500. The highest BCUT2D eigenvalue weighted by Gasteiger charge is 1.94. The summed E-state index contributed by atoms with van der Waals surface area (Å²) in [7, 11) is 1.73. The van der Waals surface area contributed by atoms with Gasteiger partial charge in [-0.25, -0.2) is 0 Å². The first kappa shape index (κ1) is 7.21. The molecule has 0 atom stereocenters. The van der Waals surface area contributed by atoms with Crippen molar-refractivity contribution in [3.05, 3.63) is 11.8 Å². The fourth-order valence-electron chi connectivity index (χ4n) is 0.524. The molecule has 0 spiro atoms. The van der Waals surface area contributed by atoms with Crippen LogP contribution >= 0.6 is 0 Å². The number of hydrogen-bond donors (Lipinski definition) is 1. The fourth-order valence-corrected chi connectivity index (χ4v) is 0.524. The molecular weight excluding hydrogens is 102 g/mol. The Bertz CT molecular complexity index is 116. The van der Waals surface area contributed by atoms with Crippen LogP contribution in [0.15, 0.2) is 11.8 Å². The van der Waals surface area contributed by atoms with Crippen LogP contribution in [0.4, 0.5) is 0 Å². The van der Waals surface area contributed by atoms with E-state index in [1.807, 2.05) is 6.92 Å². The highest BCUT2D eigenvalue weighted by atomic mass is 16.1. The third-order valence-electron chi connectivity index (χ3n) is 0.937. The van der Waals surface area contributed by atoms with Crippen LogP contribution in [-0.4, -0.2) is 12.8 Å². The minimum Gasteiger partial charge on any atom is -0.386 e. The van der Waals surface area contributed by atoms with Gasteiger partial charge in [0.05, 0.1) is 5.70 Å². The van der Waals surface area contributed by atoms with Crippen LogP contribution in [-0.2, 0) is 4.79 Å². The lowest BCUT2D eigenvalue weighted by Gasteiger charge is -1.97. The van der Waals surface area contributed by atoms with Gasteiger partial charge in [-0.1, -0.05) is 6.08 Å². The quantitative estimate of drug-likeness (QED) is 0.534. The lowest BCUT2D eigenvalue weighted by atomic mass is 10.3. The minimum atomic E-state index is 0.0787. The van der Waals surface area contributed by atoms with Crippen molar-refractivity contribution in [3.63, 3.8) is 0 Å². The molecule has 0 rings (SSSR count). The molecular formula is C6H11NO. The van der Waals surface area contributed by atoms with E-state index in [2.05, 4.69) is 5.32 Å². The van der Waals surface area contributed by atoms with Gasteiger partial charge in [0.1, 0.15) is 0 Å². The van der Waals surface area contributed by atoms with Crippen LogP contribution in [0.1, 0.15) is 13.8 Å². The predicted octanol–water partition coefficient (Wildman–Crippen LogP) is 0.699. The van der Waals surface area contributed by atoms with E-state index in [1.54, 1.807) is 13.1 Å². The van der Waals surface area contributed by atoms with Gasteiger partial charge in [-0.3, -0.25) is 4.79 Å². The van der Waals surface area contributed by atoms with Crippen molar-refractivity contribution in [3.8, 4) is 0 Å². The summed E-state index contributed by atoms with van der Waals surface area (Å²) in [6, 6.07) is 0. The standard InChI is InChI=1S/C6H11NO/c1-4-6(7-3)5(2)8/h4,7H,1-3H3. The van der Waals surface area contributed by atoms with Gasteiger partial charge in [0, 0.05) is 14.0 Å². The van der Waals surface area contributed by atoms with E-state index in [0.717, 1.165) is 0 Å². The molecule has 46 valence electrons. The number of hydrogen-bond acceptors (Lipinski definition) is 2. The molecule has 0 aromatic carbocycles. The second-order valence-corrected chi connectivity index (χ2v) is 1.51. The Morgan fingerprint density at radius 3 is 2.12 bits per heavy atom. The molecule has 0 aliphatic rings. The van der Waals surface area contributed by atoms with Crippen LogP contribution in [0.2, 0.25) is 0 Å². The molecule has 0 aromatic heterocycles. The largest absolute Gasteiger partial charge is 0.386 e. The number of likely N-dealkylation sites (N-methyl/N-ethyl adjacent to an activating group) is 1. The molecule has 2 nitrogen and oxygen atoms in total. The molecule has 2 heteroatoms. The molecule has 0 bridgehead atoms. The maximum Gasteiger partial charge on any atom is 0.175 e. The Hall–Kier alpha value is -0.790. The summed E-state index contributed by atoms with van der Waals surface area (Å²) in [5, 5.41) is 2.76. The normalized spacial score (nSPS) is 11.1. The molecule has 1 N–H and O–H groups in total. The van der Waals surface area contributed by atoms with Crippen molar-refractivity contribution < 1.29 is 4.79 Å². The first-order chi connectivity index (χ1) is 3.72. The Balaban J connectivity index is 3.92. The van der Waals surface area contributed by atoms with E-state index in [1.165, 1.54) is 6.92 Å². The molecule has 8 heavy (non-hydrogen) atoms. The second-order valence-electron chi connectivity index (χ2n) is 1.51. The van der Waals surface area contributed by atoms with Gasteiger partial charge < -0.3 is 5.32 Å². The van der Waals surface area contributed by atoms with Crippen LogP contribution in [0.3, 0.4) is 0 Å². The number of carbonyl (C=O) groups is 1. The highest BCUT2D eigenvalue weighted by molar-refractivity contribution is 5.92. The molecule has 0 radical (unpaired) electrons. The second kappa shape index (κ2) is 3.24. The van der Waals surface area contributed by atoms with Crippen LogP contribution in [0.25, 0.3) is 0 Å². The van der Waals surface area contributed by atoms with Crippen molar-refractivity contribution >= 4 is 5.78 Å². The van der Waals surface area contributed by atoms with Crippen molar-refractivity contribution in [2.45, 2.75) is 13.8 Å². The van der Waals surface area contributed by atoms with E-state index < -0.39 is 0 Å². The minimum absolute atomic E-state index is 0.0787. The topological polar surface area (TPSA) is 29.1 Å². The van der Waals surface area contributed by atoms with Gasteiger partial charge in [-0.05, 0) is 6.92 Å². The summed E-state index contributed by atoms with van der Waals surface area (Å²) in [5.74, 6) is 0.0787. The number of Topliss-reactive ketones (excluding diaryl/α,β-unsaturated/α-hetero) is 1. The predicted molar refractivity (Wildman–Crippen MR) is 33.5 cm³/mol. The van der Waals surface area contributed by atoms with Crippen LogP contribution in [0.5, 0.6) is 0 Å². The van der Waals surface area contributed by atoms with E-state index in [9.17, 15) is 4.79 Å². The molecule has 0 aliphatic carbocycles. The third-order valence-corrected chi connectivity index (χ3v) is 0.937. The number of ketones is 1. The molecule has 0 aliphatic heterocycles. The van der Waals surface area contributed by atoms with Gasteiger partial charge in [-0.2, -0.15) is 0 Å². The first-order valence-electron chi connectivity index (χ1n) is 2.57. The van der Waals surface area contributed by atoms with Gasteiger partial charge in [0.2, 0.25) is 0 Å². The lowest BCUT2D eigenvalue weighted by Crippen LogP contribution is -2.12. The lowest BCUT2D eigenvalue weighted by molar-refractivity contribution is -0.113. The zero-order valence-electron chi connectivity index (χ0n) is 5.49. The maximum absolute atomic E-state index is 10.5. The number of nitrogens with one attached hydrogen (secondary N) is 1. The van der Waals surface area contributed by atoms with Gasteiger partial charge in [0.25, 0.3) is 0 Å². The van der Waals surface area contributed by atoms with E-state index in [-0.39, 0.29) is 5.78 Å². The van der Waals surface area contributed by atoms with Crippen molar-refractivity contribution in [2.24, 2.45) is 0 Å². The summed E-state index contributed by atoms with van der Waals surface area (Å²) in [6.07, 6.45) is 1.75. The summed E-state index contributed by atoms with van der Waals surface area (Å²) < 4.78 is 0. The Labute approximate surface area is 49.6 Å². The van der Waals surface area contributed by atoms with Crippen molar-refractivity contribution in [2.75, 3.05) is 7.05 Å². The molecule has 0 unspecified atom stereocenters. The summed E-state index contributed by atoms with van der Waals surface area (Å²) in [4.78, 5) is 10.5.